The third-order valence-corrected chi connectivity index (χ3v) is 3.82. The van der Waals surface area contributed by atoms with Crippen molar-refractivity contribution in [1.29, 1.82) is 0 Å². The average molecular weight is 542 g/mol. The number of furan rings is 1. The Morgan fingerprint density at radius 2 is 2.00 bits per heavy atom. The van der Waals surface area contributed by atoms with Gasteiger partial charge in [0.1, 0.15) is 17.1 Å². The van der Waals surface area contributed by atoms with E-state index < -0.39 is 18.4 Å². The van der Waals surface area contributed by atoms with Crippen molar-refractivity contribution in [3.8, 4) is 5.88 Å². The summed E-state index contributed by atoms with van der Waals surface area (Å²) in [5.74, 6) is 1.44. The summed E-state index contributed by atoms with van der Waals surface area (Å²) in [6, 6.07) is 6.52. The summed E-state index contributed by atoms with van der Waals surface area (Å²) in [7, 11) is 0. The van der Waals surface area contributed by atoms with Gasteiger partial charge < -0.3 is 24.9 Å². The van der Waals surface area contributed by atoms with Crippen molar-refractivity contribution < 1.29 is 27.4 Å². The van der Waals surface area contributed by atoms with Crippen molar-refractivity contribution in [3.63, 3.8) is 0 Å². The normalized spacial score (nSPS) is 13.9. The number of rotatable bonds is 8. The molecule has 0 aliphatic carbocycles. The summed E-state index contributed by atoms with van der Waals surface area (Å²) in [5.41, 5.74) is -0.623. The van der Waals surface area contributed by atoms with Gasteiger partial charge in [-0.15, -0.1) is 24.0 Å². The van der Waals surface area contributed by atoms with Gasteiger partial charge in [-0.05, 0) is 44.5 Å². The van der Waals surface area contributed by atoms with E-state index in [9.17, 15) is 18.3 Å². The van der Waals surface area contributed by atoms with Crippen LogP contribution in [0.4, 0.5) is 13.2 Å². The van der Waals surface area contributed by atoms with Gasteiger partial charge in [0.15, 0.2) is 12.6 Å². The van der Waals surface area contributed by atoms with E-state index in [1.54, 1.807) is 32.0 Å². The Hall–Kier alpha value is -2.02. The molecule has 2 heterocycles. The molecular formula is C19H26F3IN4O3. The molecule has 2 aromatic heterocycles. The molecule has 0 saturated heterocycles. The number of ether oxygens (including phenoxy) is 1. The fourth-order valence-corrected chi connectivity index (χ4v) is 2.36. The number of aliphatic imine (C=N–C) groups is 1. The molecule has 0 amide bonds. The van der Waals surface area contributed by atoms with E-state index in [0.29, 0.717) is 29.6 Å². The number of hydrogen-bond donors (Lipinski definition) is 3. The molecule has 3 N–H and O–H groups in total. The zero-order valence-electron chi connectivity index (χ0n) is 16.9. The van der Waals surface area contributed by atoms with Crippen LogP contribution in [0.1, 0.15) is 30.9 Å². The minimum atomic E-state index is -4.43. The number of guanidine groups is 1. The van der Waals surface area contributed by atoms with E-state index in [4.69, 9.17) is 4.42 Å². The lowest BCUT2D eigenvalue weighted by atomic mass is 10.0. The largest absolute Gasteiger partial charge is 0.468 e. The standard InChI is InChI=1S/C19H25F3N4O3.HI/c1-4-23-17(26-11-18(3,27)15-6-5-13(2)29-15)25-10-14-7-8-24-16(9-14)28-12-19(20,21)22;/h5-9,27H,4,10-12H2,1-3H3,(H2,23,25,26);1H. The summed E-state index contributed by atoms with van der Waals surface area (Å²) in [4.78, 5) is 8.15. The van der Waals surface area contributed by atoms with Crippen molar-refractivity contribution in [2.24, 2.45) is 4.99 Å². The van der Waals surface area contributed by atoms with E-state index in [1.165, 1.54) is 12.3 Å². The number of aliphatic hydroxyl groups is 1. The first kappa shape index (κ1) is 26.0. The quantitative estimate of drug-likeness (QED) is 0.269. The van der Waals surface area contributed by atoms with Crippen molar-refractivity contribution >= 4 is 29.9 Å². The minimum Gasteiger partial charge on any atom is -0.468 e. The Bertz CT molecular complexity index is 825. The lowest BCUT2D eigenvalue weighted by Gasteiger charge is -2.22. The fourth-order valence-electron chi connectivity index (χ4n) is 2.36. The summed E-state index contributed by atoms with van der Waals surface area (Å²) in [6.07, 6.45) is -3.07. The SMILES string of the molecule is CCNC(=NCc1ccnc(OCC(F)(F)F)c1)NCC(C)(O)c1ccc(C)o1.I. The van der Waals surface area contributed by atoms with Crippen LogP contribution in [0.15, 0.2) is 39.9 Å². The Morgan fingerprint density at radius 1 is 1.27 bits per heavy atom. The Balaban J connectivity index is 0.00000450. The molecule has 0 fully saturated rings. The maximum Gasteiger partial charge on any atom is 0.422 e. The van der Waals surface area contributed by atoms with Gasteiger partial charge >= 0.3 is 6.18 Å². The van der Waals surface area contributed by atoms with Gasteiger partial charge in [0, 0.05) is 18.8 Å². The highest BCUT2D eigenvalue weighted by atomic mass is 127. The number of halogens is 4. The molecule has 0 spiro atoms. The van der Waals surface area contributed by atoms with E-state index in [2.05, 4.69) is 25.3 Å². The number of hydrogen-bond acceptors (Lipinski definition) is 5. The number of aromatic nitrogens is 1. The Kier molecular flexibility index (Phi) is 9.88. The van der Waals surface area contributed by atoms with Crippen LogP contribution in [0.3, 0.4) is 0 Å². The monoisotopic (exact) mass is 542 g/mol. The van der Waals surface area contributed by atoms with Crippen LogP contribution in [0.25, 0.3) is 0 Å². The zero-order valence-corrected chi connectivity index (χ0v) is 19.2. The molecule has 0 aromatic carbocycles. The molecule has 0 bridgehead atoms. The summed E-state index contributed by atoms with van der Waals surface area (Å²) < 4.78 is 46.9. The Morgan fingerprint density at radius 3 is 2.60 bits per heavy atom. The lowest BCUT2D eigenvalue weighted by Crippen LogP contribution is -2.44. The lowest BCUT2D eigenvalue weighted by molar-refractivity contribution is -0.154. The number of nitrogens with one attached hydrogen (secondary N) is 2. The number of alkyl halides is 3. The van der Waals surface area contributed by atoms with Gasteiger partial charge in [0.05, 0.1) is 13.1 Å². The van der Waals surface area contributed by atoms with Gasteiger partial charge in [-0.1, -0.05) is 0 Å². The second-order valence-corrected chi connectivity index (χ2v) is 6.64. The van der Waals surface area contributed by atoms with E-state index >= 15 is 0 Å². The highest BCUT2D eigenvalue weighted by Crippen LogP contribution is 2.22. The van der Waals surface area contributed by atoms with Crippen LogP contribution >= 0.6 is 24.0 Å². The van der Waals surface area contributed by atoms with Crippen LogP contribution in [-0.4, -0.2) is 41.9 Å². The molecule has 11 heteroatoms. The van der Waals surface area contributed by atoms with E-state index in [0.717, 1.165) is 0 Å². The summed E-state index contributed by atoms with van der Waals surface area (Å²) >= 11 is 0. The summed E-state index contributed by atoms with van der Waals surface area (Å²) in [6.45, 7) is 4.81. The number of nitrogens with zero attached hydrogens (tertiary/aromatic N) is 2. The third-order valence-electron chi connectivity index (χ3n) is 3.82. The van der Waals surface area contributed by atoms with Crippen LogP contribution in [0.2, 0.25) is 0 Å². The number of pyridine rings is 1. The molecule has 0 aliphatic rings. The topological polar surface area (TPSA) is 91.9 Å². The van der Waals surface area contributed by atoms with Crippen LogP contribution in [0.5, 0.6) is 5.88 Å². The minimum absolute atomic E-state index is 0. The van der Waals surface area contributed by atoms with E-state index in [1.807, 2.05) is 6.92 Å². The molecule has 1 unspecified atom stereocenters. The van der Waals surface area contributed by atoms with Gasteiger partial charge in [-0.2, -0.15) is 13.2 Å². The molecule has 168 valence electrons. The Labute approximate surface area is 190 Å². The highest BCUT2D eigenvalue weighted by molar-refractivity contribution is 14.0. The van der Waals surface area contributed by atoms with E-state index in [-0.39, 0.29) is 42.9 Å². The van der Waals surface area contributed by atoms with Crippen molar-refractivity contribution in [2.45, 2.75) is 39.1 Å². The molecule has 30 heavy (non-hydrogen) atoms. The van der Waals surface area contributed by atoms with Crippen LogP contribution in [0, 0.1) is 6.92 Å². The zero-order chi connectivity index (χ0) is 21.5. The van der Waals surface area contributed by atoms with Crippen molar-refractivity contribution in [2.75, 3.05) is 19.7 Å². The highest BCUT2D eigenvalue weighted by Gasteiger charge is 2.29. The molecule has 0 saturated carbocycles. The van der Waals surface area contributed by atoms with Crippen LogP contribution in [-0.2, 0) is 12.1 Å². The molecule has 2 aromatic rings. The van der Waals surface area contributed by atoms with Gasteiger partial charge in [-0.25, -0.2) is 9.98 Å². The smallest absolute Gasteiger partial charge is 0.422 e. The second-order valence-electron chi connectivity index (χ2n) is 6.64. The third kappa shape index (κ3) is 8.78. The predicted molar refractivity (Wildman–Crippen MR) is 117 cm³/mol. The first-order valence-electron chi connectivity index (χ1n) is 9.05. The number of aryl methyl sites for hydroxylation is 1. The second kappa shape index (κ2) is 11.4. The van der Waals surface area contributed by atoms with Gasteiger partial charge in [0.2, 0.25) is 5.88 Å². The molecule has 2 rings (SSSR count). The molecule has 0 radical (unpaired) electrons. The van der Waals surface area contributed by atoms with Gasteiger partial charge in [-0.3, -0.25) is 0 Å². The van der Waals surface area contributed by atoms with Crippen molar-refractivity contribution in [1.82, 2.24) is 15.6 Å². The van der Waals surface area contributed by atoms with Crippen molar-refractivity contribution in [3.05, 3.63) is 47.5 Å². The molecule has 7 nitrogen and oxygen atoms in total. The maximum atomic E-state index is 12.3. The molecular weight excluding hydrogens is 516 g/mol. The predicted octanol–water partition coefficient (Wildman–Crippen LogP) is 3.50. The summed E-state index contributed by atoms with van der Waals surface area (Å²) in [5, 5.41) is 16.7. The molecule has 0 aliphatic heterocycles. The fraction of sp³-hybridized carbons (Fsp3) is 0.474. The maximum absolute atomic E-state index is 12.3. The first-order valence-corrected chi connectivity index (χ1v) is 9.05. The average Bonchev–Trinajstić information content (AvgIpc) is 3.09. The first-order chi connectivity index (χ1) is 13.6. The molecule has 1 atom stereocenters. The van der Waals surface area contributed by atoms with Crippen LogP contribution < -0.4 is 15.4 Å². The van der Waals surface area contributed by atoms with Gasteiger partial charge in [0.25, 0.3) is 0 Å².